The second-order valence-corrected chi connectivity index (χ2v) is 6.79. The molecule has 1 aliphatic heterocycles. The zero-order valence-electron chi connectivity index (χ0n) is 11.5. The van der Waals surface area contributed by atoms with Crippen LogP contribution in [0.1, 0.15) is 12.5 Å². The Bertz CT molecular complexity index is 549. The Labute approximate surface area is 115 Å². The molecule has 0 atom stereocenters. The fourth-order valence-corrected chi connectivity index (χ4v) is 3.85. The summed E-state index contributed by atoms with van der Waals surface area (Å²) in [5.41, 5.74) is 7.15. The van der Waals surface area contributed by atoms with E-state index in [4.69, 9.17) is 5.73 Å². The van der Waals surface area contributed by atoms with Crippen LogP contribution in [0.15, 0.2) is 23.1 Å². The van der Waals surface area contributed by atoms with Crippen molar-refractivity contribution in [2.24, 2.45) is 0 Å². The van der Waals surface area contributed by atoms with Crippen LogP contribution in [0.4, 0.5) is 5.69 Å². The maximum atomic E-state index is 12.5. The molecular weight excluding hydrogens is 262 g/mol. The summed E-state index contributed by atoms with van der Waals surface area (Å²) in [6.07, 6.45) is 0. The third-order valence-corrected chi connectivity index (χ3v) is 5.53. The normalized spacial score (nSPS) is 18.6. The van der Waals surface area contributed by atoms with Crippen LogP contribution in [0.3, 0.4) is 0 Å². The summed E-state index contributed by atoms with van der Waals surface area (Å²) >= 11 is 0. The molecule has 0 unspecified atom stereocenters. The number of rotatable bonds is 3. The van der Waals surface area contributed by atoms with Crippen LogP contribution in [0, 0.1) is 6.92 Å². The van der Waals surface area contributed by atoms with E-state index in [1.165, 1.54) is 4.31 Å². The van der Waals surface area contributed by atoms with E-state index in [0.717, 1.165) is 25.2 Å². The van der Waals surface area contributed by atoms with Gasteiger partial charge in [0.25, 0.3) is 0 Å². The van der Waals surface area contributed by atoms with Crippen LogP contribution in [0.25, 0.3) is 0 Å². The lowest BCUT2D eigenvalue weighted by molar-refractivity contribution is 0.196. The summed E-state index contributed by atoms with van der Waals surface area (Å²) in [5, 5.41) is 0. The number of hydrogen-bond acceptors (Lipinski definition) is 4. The lowest BCUT2D eigenvalue weighted by Crippen LogP contribution is -2.48. The Morgan fingerprint density at radius 2 is 1.84 bits per heavy atom. The van der Waals surface area contributed by atoms with Crippen molar-refractivity contribution >= 4 is 15.7 Å². The monoisotopic (exact) mass is 283 g/mol. The summed E-state index contributed by atoms with van der Waals surface area (Å²) in [6.45, 7) is 7.56. The SMILES string of the molecule is CCN1CCN(S(=O)(=O)c2ccc(C)cc2N)CC1. The largest absolute Gasteiger partial charge is 0.398 e. The van der Waals surface area contributed by atoms with Gasteiger partial charge in [-0.1, -0.05) is 13.0 Å². The van der Waals surface area contributed by atoms with Gasteiger partial charge < -0.3 is 10.6 Å². The number of benzene rings is 1. The molecule has 106 valence electrons. The Kier molecular flexibility index (Phi) is 4.13. The van der Waals surface area contributed by atoms with E-state index in [0.29, 0.717) is 18.8 Å². The topological polar surface area (TPSA) is 66.6 Å². The van der Waals surface area contributed by atoms with Crippen LogP contribution in [0.5, 0.6) is 0 Å². The molecule has 1 aromatic rings. The fourth-order valence-electron chi connectivity index (χ4n) is 2.33. The number of aryl methyl sites for hydroxylation is 1. The van der Waals surface area contributed by atoms with Gasteiger partial charge in [0, 0.05) is 26.2 Å². The van der Waals surface area contributed by atoms with E-state index >= 15 is 0 Å². The van der Waals surface area contributed by atoms with Crippen molar-refractivity contribution in [1.29, 1.82) is 0 Å². The Morgan fingerprint density at radius 3 is 2.37 bits per heavy atom. The van der Waals surface area contributed by atoms with E-state index in [2.05, 4.69) is 11.8 Å². The lowest BCUT2D eigenvalue weighted by atomic mass is 10.2. The van der Waals surface area contributed by atoms with Crippen molar-refractivity contribution in [3.05, 3.63) is 23.8 Å². The van der Waals surface area contributed by atoms with E-state index in [-0.39, 0.29) is 4.90 Å². The van der Waals surface area contributed by atoms with Crippen LogP contribution < -0.4 is 5.73 Å². The molecule has 0 bridgehead atoms. The first-order valence-corrected chi connectivity index (χ1v) is 7.98. The van der Waals surface area contributed by atoms with Crippen LogP contribution >= 0.6 is 0 Å². The van der Waals surface area contributed by atoms with Crippen molar-refractivity contribution in [3.63, 3.8) is 0 Å². The minimum atomic E-state index is -3.46. The van der Waals surface area contributed by atoms with Gasteiger partial charge in [0.1, 0.15) is 4.90 Å². The average Bonchev–Trinajstić information content (AvgIpc) is 2.38. The zero-order valence-corrected chi connectivity index (χ0v) is 12.3. The molecule has 1 heterocycles. The van der Waals surface area contributed by atoms with Gasteiger partial charge in [-0.2, -0.15) is 4.31 Å². The molecule has 6 heteroatoms. The second-order valence-electron chi connectivity index (χ2n) is 4.88. The molecular formula is C13H21N3O2S. The highest BCUT2D eigenvalue weighted by atomic mass is 32.2. The number of likely N-dealkylation sites (N-methyl/N-ethyl adjacent to an activating group) is 1. The van der Waals surface area contributed by atoms with Gasteiger partial charge in [-0.15, -0.1) is 0 Å². The van der Waals surface area contributed by atoms with Crippen molar-refractivity contribution in [3.8, 4) is 0 Å². The van der Waals surface area contributed by atoms with E-state index < -0.39 is 10.0 Å². The Hall–Kier alpha value is -1.11. The number of piperazine rings is 1. The first-order chi connectivity index (χ1) is 8.95. The van der Waals surface area contributed by atoms with Crippen LogP contribution in [0.2, 0.25) is 0 Å². The number of nitrogens with zero attached hydrogens (tertiary/aromatic N) is 2. The first kappa shape index (κ1) is 14.3. The highest BCUT2D eigenvalue weighted by Gasteiger charge is 2.29. The molecule has 1 saturated heterocycles. The van der Waals surface area contributed by atoms with Crippen molar-refractivity contribution in [2.45, 2.75) is 18.7 Å². The van der Waals surface area contributed by atoms with Gasteiger partial charge >= 0.3 is 0 Å². The summed E-state index contributed by atoms with van der Waals surface area (Å²) in [7, 11) is -3.46. The zero-order chi connectivity index (χ0) is 14.0. The number of hydrogen-bond donors (Lipinski definition) is 1. The molecule has 2 rings (SSSR count). The standard InChI is InChI=1S/C13H21N3O2S/c1-3-15-6-8-16(9-7-15)19(17,18)13-5-4-11(2)10-12(13)14/h4-5,10H,3,6-9,14H2,1-2H3. The summed E-state index contributed by atoms with van der Waals surface area (Å²) < 4.78 is 26.6. The van der Waals surface area contributed by atoms with Crippen LogP contribution in [-0.4, -0.2) is 50.3 Å². The van der Waals surface area contributed by atoms with Crippen LogP contribution in [-0.2, 0) is 10.0 Å². The molecule has 1 aromatic carbocycles. The van der Waals surface area contributed by atoms with Gasteiger partial charge in [-0.3, -0.25) is 0 Å². The maximum Gasteiger partial charge on any atom is 0.245 e. The summed E-state index contributed by atoms with van der Waals surface area (Å²) in [6, 6.07) is 5.09. The highest BCUT2D eigenvalue weighted by Crippen LogP contribution is 2.24. The molecule has 2 N–H and O–H groups in total. The quantitative estimate of drug-likeness (QED) is 0.837. The average molecular weight is 283 g/mol. The van der Waals surface area contributed by atoms with E-state index in [9.17, 15) is 8.42 Å². The molecule has 0 spiro atoms. The summed E-state index contributed by atoms with van der Waals surface area (Å²) in [5.74, 6) is 0. The third-order valence-electron chi connectivity index (χ3n) is 3.56. The molecule has 0 amide bonds. The van der Waals surface area contributed by atoms with Gasteiger partial charge in [0.15, 0.2) is 0 Å². The second kappa shape index (κ2) is 5.48. The Morgan fingerprint density at radius 1 is 1.21 bits per heavy atom. The minimum Gasteiger partial charge on any atom is -0.398 e. The van der Waals surface area contributed by atoms with Gasteiger partial charge in [-0.05, 0) is 31.2 Å². The molecule has 1 fully saturated rings. The molecule has 0 aliphatic carbocycles. The molecule has 0 aromatic heterocycles. The van der Waals surface area contributed by atoms with Crippen molar-refractivity contribution in [2.75, 3.05) is 38.5 Å². The first-order valence-electron chi connectivity index (χ1n) is 6.53. The molecule has 0 radical (unpaired) electrons. The minimum absolute atomic E-state index is 0.225. The Balaban J connectivity index is 2.23. The van der Waals surface area contributed by atoms with E-state index in [1.807, 2.05) is 6.92 Å². The van der Waals surface area contributed by atoms with E-state index in [1.54, 1.807) is 18.2 Å². The molecule has 5 nitrogen and oxygen atoms in total. The van der Waals surface area contributed by atoms with Gasteiger partial charge in [0.2, 0.25) is 10.0 Å². The predicted molar refractivity (Wildman–Crippen MR) is 76.5 cm³/mol. The summed E-state index contributed by atoms with van der Waals surface area (Å²) in [4.78, 5) is 2.47. The molecule has 0 saturated carbocycles. The van der Waals surface area contributed by atoms with Gasteiger partial charge in [0.05, 0.1) is 5.69 Å². The predicted octanol–water partition coefficient (Wildman–Crippen LogP) is 0.903. The fraction of sp³-hybridized carbons (Fsp3) is 0.538. The molecule has 1 aliphatic rings. The molecule has 19 heavy (non-hydrogen) atoms. The maximum absolute atomic E-state index is 12.5. The number of sulfonamides is 1. The third kappa shape index (κ3) is 2.91. The number of nitrogen functional groups attached to an aromatic ring is 1. The number of nitrogens with two attached hydrogens (primary N) is 1. The lowest BCUT2D eigenvalue weighted by Gasteiger charge is -2.33. The highest BCUT2D eigenvalue weighted by molar-refractivity contribution is 7.89. The van der Waals surface area contributed by atoms with Gasteiger partial charge in [-0.25, -0.2) is 8.42 Å². The number of anilines is 1. The smallest absolute Gasteiger partial charge is 0.245 e. The van der Waals surface area contributed by atoms with Crippen molar-refractivity contribution < 1.29 is 8.42 Å². The van der Waals surface area contributed by atoms with Crippen molar-refractivity contribution in [1.82, 2.24) is 9.21 Å².